The van der Waals surface area contributed by atoms with E-state index in [0.717, 1.165) is 0 Å². The van der Waals surface area contributed by atoms with E-state index in [9.17, 15) is 8.42 Å². The van der Waals surface area contributed by atoms with Crippen LogP contribution >= 0.6 is 15.9 Å². The normalized spacial score (nSPS) is 12.8. The first-order valence-electron chi connectivity index (χ1n) is 6.83. The predicted octanol–water partition coefficient (Wildman–Crippen LogP) is 1.93. The average molecular weight is 383 g/mol. The van der Waals surface area contributed by atoms with Crippen molar-refractivity contribution in [1.29, 1.82) is 0 Å². The Hall–Kier alpha value is -0.410. The lowest BCUT2D eigenvalue weighted by molar-refractivity contribution is 0.179. The van der Waals surface area contributed by atoms with Gasteiger partial charge >= 0.3 is 0 Å². The molecule has 0 aliphatic rings. The van der Waals surface area contributed by atoms with Crippen LogP contribution in [0.2, 0.25) is 0 Å². The van der Waals surface area contributed by atoms with Crippen molar-refractivity contribution in [2.75, 3.05) is 13.1 Å². The molecule has 0 amide bonds. The zero-order valence-corrected chi connectivity index (χ0v) is 15.2. The third-order valence-corrected chi connectivity index (χ3v) is 5.46. The third-order valence-electron chi connectivity index (χ3n) is 3.14. The summed E-state index contributed by atoms with van der Waals surface area (Å²) in [6.07, 6.45) is 0. The summed E-state index contributed by atoms with van der Waals surface area (Å²) >= 11 is 3.05. The lowest BCUT2D eigenvalue weighted by Crippen LogP contribution is -2.42. The Morgan fingerprint density at radius 1 is 1.33 bits per heavy atom. The van der Waals surface area contributed by atoms with Crippen LogP contribution in [0.15, 0.2) is 20.0 Å². The molecule has 0 bridgehead atoms. The zero-order chi connectivity index (χ0) is 16.2. The topological polar surface area (TPSA) is 82.8 Å². The molecule has 0 atom stereocenters. The van der Waals surface area contributed by atoms with Crippen LogP contribution in [0.5, 0.6) is 0 Å². The van der Waals surface area contributed by atoms with Gasteiger partial charge in [0.15, 0.2) is 4.67 Å². The van der Waals surface area contributed by atoms with Crippen LogP contribution in [0.4, 0.5) is 0 Å². The summed E-state index contributed by atoms with van der Waals surface area (Å²) in [6.45, 7) is 8.90. The number of rotatable bonds is 8. The summed E-state index contributed by atoms with van der Waals surface area (Å²) in [7, 11) is -3.66. The highest BCUT2D eigenvalue weighted by Gasteiger charge is 2.22. The van der Waals surface area contributed by atoms with Crippen molar-refractivity contribution >= 4 is 26.0 Å². The maximum absolute atomic E-state index is 12.2. The predicted molar refractivity (Wildman–Crippen MR) is 84.5 cm³/mol. The molecule has 0 unspecified atom stereocenters. The highest BCUT2D eigenvalue weighted by Crippen LogP contribution is 2.25. The maximum atomic E-state index is 12.2. The second-order valence-corrected chi connectivity index (χ2v) is 7.79. The van der Waals surface area contributed by atoms with Gasteiger partial charge in [0.05, 0.1) is 0 Å². The van der Waals surface area contributed by atoms with Crippen molar-refractivity contribution in [1.82, 2.24) is 9.62 Å². The monoisotopic (exact) mass is 382 g/mol. The van der Waals surface area contributed by atoms with E-state index in [4.69, 9.17) is 9.52 Å². The number of aliphatic hydroxyl groups excluding tert-OH is 1. The molecule has 21 heavy (non-hydrogen) atoms. The van der Waals surface area contributed by atoms with E-state index in [2.05, 4.69) is 53.2 Å². The number of aliphatic hydroxyl groups is 1. The summed E-state index contributed by atoms with van der Waals surface area (Å²) < 4.78 is 32.1. The van der Waals surface area contributed by atoms with Gasteiger partial charge in [0.25, 0.3) is 0 Å². The van der Waals surface area contributed by atoms with Crippen LogP contribution in [0.25, 0.3) is 0 Å². The molecule has 2 N–H and O–H groups in total. The molecule has 8 heteroatoms. The molecule has 0 saturated heterocycles. The van der Waals surface area contributed by atoms with Gasteiger partial charge in [-0.1, -0.05) is 0 Å². The number of nitrogens with one attached hydrogen (secondary N) is 1. The zero-order valence-electron chi connectivity index (χ0n) is 12.8. The van der Waals surface area contributed by atoms with Crippen LogP contribution in [-0.2, 0) is 16.6 Å². The van der Waals surface area contributed by atoms with Gasteiger partial charge in [0.1, 0.15) is 17.3 Å². The molecule has 0 aliphatic carbocycles. The molecular formula is C13H23BrN2O4S. The Labute approximate surface area is 134 Å². The van der Waals surface area contributed by atoms with Gasteiger partial charge in [-0.25, -0.2) is 13.1 Å². The van der Waals surface area contributed by atoms with Gasteiger partial charge in [0.2, 0.25) is 10.0 Å². The summed E-state index contributed by atoms with van der Waals surface area (Å²) in [5, 5.41) is 8.98. The van der Waals surface area contributed by atoms with E-state index < -0.39 is 10.0 Å². The van der Waals surface area contributed by atoms with Crippen molar-refractivity contribution in [3.8, 4) is 0 Å². The Morgan fingerprint density at radius 2 is 1.90 bits per heavy atom. The summed E-state index contributed by atoms with van der Waals surface area (Å²) in [5.74, 6) is 0.202. The molecule has 0 aromatic carbocycles. The standard InChI is InChI=1S/C13H23BrN2O4S/c1-9(2)16(10(3)4)6-5-15-21(18,19)12-7-11(8-17)20-13(12)14/h7,9-10,15,17H,5-6,8H2,1-4H3. The van der Waals surface area contributed by atoms with Crippen LogP contribution < -0.4 is 4.72 Å². The van der Waals surface area contributed by atoms with E-state index in [1.807, 2.05) is 0 Å². The minimum Gasteiger partial charge on any atom is -0.450 e. The van der Waals surface area contributed by atoms with Crippen LogP contribution in [0.1, 0.15) is 33.5 Å². The molecule has 1 rings (SSSR count). The van der Waals surface area contributed by atoms with Crippen molar-refractivity contribution in [2.24, 2.45) is 0 Å². The van der Waals surface area contributed by atoms with Gasteiger partial charge < -0.3 is 9.52 Å². The van der Waals surface area contributed by atoms with Gasteiger partial charge in [-0.2, -0.15) is 0 Å². The minimum atomic E-state index is -3.66. The number of halogens is 1. The minimum absolute atomic E-state index is 0.00666. The number of sulfonamides is 1. The quantitative estimate of drug-likeness (QED) is 0.717. The highest BCUT2D eigenvalue weighted by molar-refractivity contribution is 9.10. The summed E-state index contributed by atoms with van der Waals surface area (Å²) in [6, 6.07) is 2.00. The summed E-state index contributed by atoms with van der Waals surface area (Å²) in [5.41, 5.74) is 0. The van der Waals surface area contributed by atoms with Crippen LogP contribution in [-0.4, -0.2) is 43.6 Å². The number of nitrogens with zero attached hydrogens (tertiary/aromatic N) is 1. The second kappa shape index (κ2) is 7.73. The molecule has 6 nitrogen and oxygen atoms in total. The fourth-order valence-corrected chi connectivity index (χ4v) is 4.18. The molecule has 0 saturated carbocycles. The second-order valence-electron chi connectivity index (χ2n) is 5.33. The Bertz CT molecular complexity index is 547. The van der Waals surface area contributed by atoms with E-state index >= 15 is 0 Å². The van der Waals surface area contributed by atoms with E-state index in [-0.39, 0.29) is 21.9 Å². The lowest BCUT2D eigenvalue weighted by Gasteiger charge is -2.30. The van der Waals surface area contributed by atoms with Crippen molar-refractivity contribution in [3.05, 3.63) is 16.5 Å². The van der Waals surface area contributed by atoms with Gasteiger partial charge in [0, 0.05) is 31.2 Å². The first kappa shape index (κ1) is 18.6. The first-order valence-corrected chi connectivity index (χ1v) is 9.11. The molecule has 0 spiro atoms. The SMILES string of the molecule is CC(C)N(CCNS(=O)(=O)c1cc(CO)oc1Br)C(C)C. The largest absolute Gasteiger partial charge is 0.450 e. The van der Waals surface area contributed by atoms with Gasteiger partial charge in [-0.05, 0) is 43.6 Å². The molecule has 1 heterocycles. The molecule has 122 valence electrons. The van der Waals surface area contributed by atoms with Crippen molar-refractivity contribution in [2.45, 2.75) is 51.3 Å². The lowest BCUT2D eigenvalue weighted by atomic mass is 10.2. The first-order chi connectivity index (χ1) is 9.69. The Balaban J connectivity index is 2.71. The molecular weight excluding hydrogens is 360 g/mol. The van der Waals surface area contributed by atoms with Gasteiger partial charge in [-0.3, -0.25) is 4.90 Å². The van der Waals surface area contributed by atoms with Crippen LogP contribution in [0, 0.1) is 0 Å². The molecule has 1 aromatic heterocycles. The Kier molecular flexibility index (Phi) is 6.86. The number of hydrogen-bond acceptors (Lipinski definition) is 5. The molecule has 0 radical (unpaired) electrons. The fourth-order valence-electron chi connectivity index (χ4n) is 2.16. The number of furan rings is 1. The smallest absolute Gasteiger partial charge is 0.245 e. The van der Waals surface area contributed by atoms with Crippen molar-refractivity contribution in [3.63, 3.8) is 0 Å². The van der Waals surface area contributed by atoms with Crippen molar-refractivity contribution < 1.29 is 17.9 Å². The molecule has 0 fully saturated rings. The maximum Gasteiger partial charge on any atom is 0.245 e. The van der Waals surface area contributed by atoms with E-state index in [0.29, 0.717) is 25.2 Å². The Morgan fingerprint density at radius 3 is 2.33 bits per heavy atom. The third kappa shape index (κ3) is 5.07. The molecule has 1 aromatic rings. The van der Waals surface area contributed by atoms with E-state index in [1.165, 1.54) is 6.07 Å². The fraction of sp³-hybridized carbons (Fsp3) is 0.692. The van der Waals surface area contributed by atoms with Gasteiger partial charge in [-0.15, -0.1) is 0 Å². The van der Waals surface area contributed by atoms with Crippen LogP contribution in [0.3, 0.4) is 0 Å². The van der Waals surface area contributed by atoms with E-state index in [1.54, 1.807) is 0 Å². The average Bonchev–Trinajstić information content (AvgIpc) is 2.75. The highest BCUT2D eigenvalue weighted by atomic mass is 79.9. The summed E-state index contributed by atoms with van der Waals surface area (Å²) in [4.78, 5) is 2.21. The number of hydrogen-bond donors (Lipinski definition) is 2. The molecule has 0 aliphatic heterocycles.